The monoisotopic (exact) mass is 201 g/mol. The summed E-state index contributed by atoms with van der Waals surface area (Å²) < 4.78 is 2.03. The molecule has 1 aromatic carbocycles. The molecule has 0 aliphatic rings. The van der Waals surface area contributed by atoms with Crippen molar-refractivity contribution in [3.63, 3.8) is 0 Å². The zero-order valence-corrected chi connectivity index (χ0v) is 9.28. The lowest BCUT2D eigenvalue weighted by Crippen LogP contribution is -2.01. The Morgan fingerprint density at radius 2 is 2.00 bits per heavy atom. The first-order valence-electron chi connectivity index (χ1n) is 5.01. The van der Waals surface area contributed by atoms with Crippen molar-refractivity contribution in [3.05, 3.63) is 41.7 Å². The number of nitrogens with zero attached hydrogens (tertiary/aromatic N) is 2. The third kappa shape index (κ3) is 1.73. The summed E-state index contributed by atoms with van der Waals surface area (Å²) in [5, 5.41) is 3.06. The van der Waals surface area contributed by atoms with Gasteiger partial charge >= 0.3 is 0 Å². The molecule has 3 nitrogen and oxygen atoms in total. The Morgan fingerprint density at radius 3 is 2.67 bits per heavy atom. The summed E-state index contributed by atoms with van der Waals surface area (Å²) in [6, 6.07) is 6.40. The molecule has 0 atom stereocenters. The van der Waals surface area contributed by atoms with E-state index in [2.05, 4.69) is 42.3 Å². The molecule has 15 heavy (non-hydrogen) atoms. The van der Waals surface area contributed by atoms with Crippen LogP contribution in [0.15, 0.2) is 30.6 Å². The summed E-state index contributed by atoms with van der Waals surface area (Å²) in [4.78, 5) is 4.22. The fourth-order valence-electron chi connectivity index (χ4n) is 1.57. The van der Waals surface area contributed by atoms with Crippen LogP contribution >= 0.6 is 0 Å². The Kier molecular flexibility index (Phi) is 2.46. The van der Waals surface area contributed by atoms with Crippen molar-refractivity contribution in [2.75, 3.05) is 12.4 Å². The van der Waals surface area contributed by atoms with Gasteiger partial charge < -0.3 is 5.32 Å². The van der Waals surface area contributed by atoms with E-state index in [4.69, 9.17) is 0 Å². The molecular weight excluding hydrogens is 186 g/mol. The Hall–Kier alpha value is -1.77. The Balaban J connectivity index is 2.50. The topological polar surface area (TPSA) is 29.9 Å². The van der Waals surface area contributed by atoms with Crippen molar-refractivity contribution in [1.82, 2.24) is 9.55 Å². The number of hydrogen-bond donors (Lipinski definition) is 1. The predicted octanol–water partition coefficient (Wildman–Crippen LogP) is 2.53. The van der Waals surface area contributed by atoms with Gasteiger partial charge in [0.1, 0.15) is 0 Å². The summed E-state index contributed by atoms with van der Waals surface area (Å²) in [7, 11) is 1.87. The highest BCUT2D eigenvalue weighted by Gasteiger charge is 2.03. The molecule has 0 saturated carbocycles. The normalized spacial score (nSPS) is 10.3. The molecule has 0 amide bonds. The van der Waals surface area contributed by atoms with Gasteiger partial charge in [0.2, 0.25) is 5.95 Å². The zero-order valence-electron chi connectivity index (χ0n) is 9.28. The molecule has 0 fully saturated rings. The molecule has 1 heterocycles. The maximum atomic E-state index is 4.22. The molecule has 78 valence electrons. The van der Waals surface area contributed by atoms with Crippen LogP contribution in [0.25, 0.3) is 5.69 Å². The van der Waals surface area contributed by atoms with Gasteiger partial charge in [-0.3, -0.25) is 4.57 Å². The average Bonchev–Trinajstić information content (AvgIpc) is 2.70. The second kappa shape index (κ2) is 3.77. The minimum atomic E-state index is 0.859. The van der Waals surface area contributed by atoms with Crippen LogP contribution in [0.3, 0.4) is 0 Å². The second-order valence-corrected chi connectivity index (χ2v) is 3.64. The number of rotatable bonds is 2. The first kappa shape index (κ1) is 9.77. The number of aromatic nitrogens is 2. The van der Waals surface area contributed by atoms with E-state index in [1.54, 1.807) is 6.20 Å². The molecule has 2 aromatic rings. The molecular formula is C12H15N3. The first-order valence-corrected chi connectivity index (χ1v) is 5.01. The molecule has 2 rings (SSSR count). The van der Waals surface area contributed by atoms with Gasteiger partial charge in [0.15, 0.2) is 0 Å². The van der Waals surface area contributed by atoms with Gasteiger partial charge in [-0.1, -0.05) is 6.07 Å². The third-order valence-corrected chi connectivity index (χ3v) is 2.63. The van der Waals surface area contributed by atoms with Crippen LogP contribution in [0.2, 0.25) is 0 Å². The van der Waals surface area contributed by atoms with Crippen LogP contribution in [0.1, 0.15) is 11.1 Å². The van der Waals surface area contributed by atoms with Crippen LogP contribution in [-0.2, 0) is 0 Å². The molecule has 0 bridgehead atoms. The predicted molar refractivity (Wildman–Crippen MR) is 62.6 cm³/mol. The smallest absolute Gasteiger partial charge is 0.207 e. The summed E-state index contributed by atoms with van der Waals surface area (Å²) in [5.41, 5.74) is 3.74. The second-order valence-electron chi connectivity index (χ2n) is 3.64. The molecule has 0 radical (unpaired) electrons. The van der Waals surface area contributed by atoms with Crippen molar-refractivity contribution in [2.24, 2.45) is 0 Å². The highest BCUT2D eigenvalue weighted by atomic mass is 15.2. The van der Waals surface area contributed by atoms with E-state index in [1.807, 2.05) is 17.8 Å². The Morgan fingerprint density at radius 1 is 1.20 bits per heavy atom. The maximum absolute atomic E-state index is 4.22. The molecule has 0 spiro atoms. The minimum absolute atomic E-state index is 0.859. The van der Waals surface area contributed by atoms with Gasteiger partial charge in [0, 0.05) is 25.1 Å². The van der Waals surface area contributed by atoms with Gasteiger partial charge in [-0.2, -0.15) is 0 Å². The van der Waals surface area contributed by atoms with Crippen LogP contribution in [0.4, 0.5) is 5.95 Å². The van der Waals surface area contributed by atoms with E-state index in [-0.39, 0.29) is 0 Å². The number of nitrogens with one attached hydrogen (secondary N) is 1. The van der Waals surface area contributed by atoms with E-state index >= 15 is 0 Å². The van der Waals surface area contributed by atoms with Crippen molar-refractivity contribution >= 4 is 5.95 Å². The number of imidazole rings is 1. The van der Waals surface area contributed by atoms with Crippen LogP contribution in [0.5, 0.6) is 0 Å². The van der Waals surface area contributed by atoms with Gasteiger partial charge in [0.25, 0.3) is 0 Å². The highest BCUT2D eigenvalue weighted by Crippen LogP contribution is 2.17. The van der Waals surface area contributed by atoms with Crippen molar-refractivity contribution in [3.8, 4) is 5.69 Å². The molecule has 1 aromatic heterocycles. The lowest BCUT2D eigenvalue weighted by Gasteiger charge is -2.09. The fraction of sp³-hybridized carbons (Fsp3) is 0.250. The first-order chi connectivity index (χ1) is 7.22. The summed E-state index contributed by atoms with van der Waals surface area (Å²) >= 11 is 0. The number of aryl methyl sites for hydroxylation is 2. The molecule has 0 unspecified atom stereocenters. The number of hydrogen-bond acceptors (Lipinski definition) is 2. The van der Waals surface area contributed by atoms with Gasteiger partial charge in [-0.05, 0) is 37.1 Å². The van der Waals surface area contributed by atoms with Crippen LogP contribution < -0.4 is 5.32 Å². The Labute approximate surface area is 89.8 Å². The van der Waals surface area contributed by atoms with E-state index in [1.165, 1.54) is 11.1 Å². The molecule has 3 heteroatoms. The quantitative estimate of drug-likeness (QED) is 0.809. The lowest BCUT2D eigenvalue weighted by atomic mass is 10.1. The average molecular weight is 201 g/mol. The highest BCUT2D eigenvalue weighted by molar-refractivity contribution is 5.45. The van der Waals surface area contributed by atoms with E-state index in [0.717, 1.165) is 11.6 Å². The van der Waals surface area contributed by atoms with Crippen LogP contribution in [-0.4, -0.2) is 16.6 Å². The molecule has 0 aliphatic heterocycles. The SMILES string of the molecule is CNc1nccn1-c1ccc(C)c(C)c1. The number of benzene rings is 1. The number of anilines is 1. The van der Waals surface area contributed by atoms with Crippen molar-refractivity contribution in [2.45, 2.75) is 13.8 Å². The fourth-order valence-corrected chi connectivity index (χ4v) is 1.57. The third-order valence-electron chi connectivity index (χ3n) is 2.63. The van der Waals surface area contributed by atoms with Crippen molar-refractivity contribution < 1.29 is 0 Å². The minimum Gasteiger partial charge on any atom is -0.358 e. The molecule has 0 saturated heterocycles. The molecule has 0 aliphatic carbocycles. The van der Waals surface area contributed by atoms with E-state index < -0.39 is 0 Å². The molecule has 1 N–H and O–H groups in total. The summed E-state index contributed by atoms with van der Waals surface area (Å²) in [5.74, 6) is 0.859. The summed E-state index contributed by atoms with van der Waals surface area (Å²) in [6.07, 6.45) is 3.75. The zero-order chi connectivity index (χ0) is 10.8. The van der Waals surface area contributed by atoms with Gasteiger partial charge in [0.05, 0.1) is 0 Å². The van der Waals surface area contributed by atoms with Crippen molar-refractivity contribution in [1.29, 1.82) is 0 Å². The van der Waals surface area contributed by atoms with E-state index in [0.29, 0.717) is 0 Å². The van der Waals surface area contributed by atoms with Crippen LogP contribution in [0, 0.1) is 13.8 Å². The van der Waals surface area contributed by atoms with Gasteiger partial charge in [-0.15, -0.1) is 0 Å². The lowest BCUT2D eigenvalue weighted by molar-refractivity contribution is 1.05. The maximum Gasteiger partial charge on any atom is 0.207 e. The Bertz CT molecular complexity index is 471. The van der Waals surface area contributed by atoms with E-state index in [9.17, 15) is 0 Å². The largest absolute Gasteiger partial charge is 0.358 e. The standard InChI is InChI=1S/C12H15N3/c1-9-4-5-11(8-10(9)2)15-7-6-14-12(15)13-3/h4-8H,1-3H3,(H,13,14). The summed E-state index contributed by atoms with van der Waals surface area (Å²) in [6.45, 7) is 4.24. The van der Waals surface area contributed by atoms with Gasteiger partial charge in [-0.25, -0.2) is 4.98 Å².